The van der Waals surface area contributed by atoms with Crippen LogP contribution in [-0.2, 0) is 28.7 Å². The number of fused-ring (bicyclic) bond motifs is 2. The second-order valence-electron chi connectivity index (χ2n) is 6.90. The number of carbonyl (C=O) groups is 4. The third kappa shape index (κ3) is 2.92. The van der Waals surface area contributed by atoms with Gasteiger partial charge in [0, 0.05) is 0 Å². The zero-order valence-electron chi connectivity index (χ0n) is 13.6. The largest absolute Gasteiger partial charge is 0.392 e. The van der Waals surface area contributed by atoms with Crippen molar-refractivity contribution in [3.63, 3.8) is 0 Å². The van der Waals surface area contributed by atoms with E-state index in [0.717, 1.165) is 12.8 Å². The Kier molecular flexibility index (Phi) is 4.39. The van der Waals surface area contributed by atoms with Crippen LogP contribution in [0.1, 0.15) is 26.7 Å². The van der Waals surface area contributed by atoms with E-state index in [2.05, 4.69) is 9.47 Å². The van der Waals surface area contributed by atoms with Gasteiger partial charge in [0.1, 0.15) is 0 Å². The molecule has 2 heterocycles. The van der Waals surface area contributed by atoms with Gasteiger partial charge in [0.2, 0.25) is 0 Å². The predicted molar refractivity (Wildman–Crippen MR) is 82.0 cm³/mol. The lowest BCUT2D eigenvalue weighted by atomic mass is 9.78. The van der Waals surface area contributed by atoms with E-state index in [0.29, 0.717) is 5.92 Å². The second-order valence-corrected chi connectivity index (χ2v) is 6.90. The van der Waals surface area contributed by atoms with E-state index in [1.54, 1.807) is 12.2 Å². The van der Waals surface area contributed by atoms with E-state index < -0.39 is 0 Å². The van der Waals surface area contributed by atoms with Gasteiger partial charge in [0.25, 0.3) is 0 Å². The third-order valence-electron chi connectivity index (χ3n) is 5.08. The van der Waals surface area contributed by atoms with Gasteiger partial charge in [-0.3, -0.25) is 19.2 Å². The molecule has 2 fully saturated rings. The number of carbonyl (C=O) groups excluding carboxylic acids is 4. The summed E-state index contributed by atoms with van der Waals surface area (Å²) in [6.07, 6.45) is 9.12. The maximum Gasteiger partial charge on any atom is 0.321 e. The van der Waals surface area contributed by atoms with Crippen LogP contribution in [0.2, 0.25) is 0 Å². The van der Waals surface area contributed by atoms with Gasteiger partial charge in [-0.15, -0.1) is 0 Å². The van der Waals surface area contributed by atoms with Crippen molar-refractivity contribution < 1.29 is 28.7 Å². The van der Waals surface area contributed by atoms with Crippen molar-refractivity contribution in [2.24, 2.45) is 35.5 Å². The number of hydrogen-bond acceptors (Lipinski definition) is 6. The summed E-state index contributed by atoms with van der Waals surface area (Å²) in [6, 6.07) is 0. The Bertz CT molecular complexity index is 646. The maximum atomic E-state index is 11.2. The van der Waals surface area contributed by atoms with E-state index in [4.69, 9.17) is 0 Å². The quantitative estimate of drug-likeness (QED) is 0.382. The first-order chi connectivity index (χ1) is 11.4. The van der Waals surface area contributed by atoms with Crippen LogP contribution in [-0.4, -0.2) is 23.9 Å². The lowest BCUT2D eigenvalue weighted by Crippen LogP contribution is -2.25. The predicted octanol–water partition coefficient (Wildman–Crippen LogP) is 1.80. The van der Waals surface area contributed by atoms with Crippen LogP contribution in [0.4, 0.5) is 0 Å². The number of hydrogen-bond donors (Lipinski definition) is 0. The minimum absolute atomic E-state index is 0.211. The summed E-state index contributed by atoms with van der Waals surface area (Å²) in [4.78, 5) is 44.3. The summed E-state index contributed by atoms with van der Waals surface area (Å²) in [5.74, 6) is -1.87. The van der Waals surface area contributed by atoms with Gasteiger partial charge in [-0.2, -0.15) is 0 Å². The Hall–Kier alpha value is -2.24. The van der Waals surface area contributed by atoms with Crippen LogP contribution < -0.4 is 0 Å². The molecule has 4 rings (SSSR count). The van der Waals surface area contributed by atoms with Crippen LogP contribution in [0.15, 0.2) is 24.3 Å². The molecular weight excluding hydrogens is 312 g/mol. The Morgan fingerprint density at radius 1 is 0.833 bits per heavy atom. The van der Waals surface area contributed by atoms with Crippen molar-refractivity contribution in [1.82, 2.24) is 0 Å². The SMILES string of the molecule is CC1C=CC2C(=O)OC(=O)C2C1.CC1CC=CC2C(=O)OC(=O)C12. The highest BCUT2D eigenvalue weighted by Gasteiger charge is 2.46. The van der Waals surface area contributed by atoms with E-state index in [9.17, 15) is 19.2 Å². The van der Waals surface area contributed by atoms with E-state index in [1.807, 2.05) is 26.0 Å². The van der Waals surface area contributed by atoms with Crippen molar-refractivity contribution in [2.45, 2.75) is 26.7 Å². The summed E-state index contributed by atoms with van der Waals surface area (Å²) in [6.45, 7) is 4.00. The van der Waals surface area contributed by atoms with Gasteiger partial charge in [-0.05, 0) is 24.7 Å². The Labute approximate surface area is 139 Å². The van der Waals surface area contributed by atoms with Crippen molar-refractivity contribution in [2.75, 3.05) is 0 Å². The molecule has 4 aliphatic rings. The normalized spacial score (nSPS) is 39.6. The van der Waals surface area contributed by atoms with Gasteiger partial charge < -0.3 is 9.47 Å². The molecule has 2 aliphatic heterocycles. The molecule has 2 aliphatic carbocycles. The smallest absolute Gasteiger partial charge is 0.321 e. The molecule has 0 N–H and O–H groups in total. The molecule has 0 spiro atoms. The molecule has 0 saturated carbocycles. The molecule has 2 saturated heterocycles. The summed E-state index contributed by atoms with van der Waals surface area (Å²) >= 11 is 0. The highest BCUT2D eigenvalue weighted by molar-refractivity contribution is 5.98. The third-order valence-corrected chi connectivity index (χ3v) is 5.08. The molecule has 0 amide bonds. The minimum atomic E-state index is -0.382. The Morgan fingerprint density at radius 3 is 2.21 bits per heavy atom. The molecule has 6 heteroatoms. The number of cyclic esters (lactones) is 4. The molecule has 6 nitrogen and oxygen atoms in total. The molecule has 6 atom stereocenters. The number of esters is 4. The second kappa shape index (κ2) is 6.34. The van der Waals surface area contributed by atoms with Crippen LogP contribution in [0.3, 0.4) is 0 Å². The van der Waals surface area contributed by atoms with E-state index >= 15 is 0 Å². The van der Waals surface area contributed by atoms with Crippen molar-refractivity contribution in [3.05, 3.63) is 24.3 Å². The molecule has 0 aromatic rings. The molecule has 0 aromatic carbocycles. The fourth-order valence-corrected chi connectivity index (χ4v) is 3.70. The average molecular weight is 332 g/mol. The van der Waals surface area contributed by atoms with Gasteiger partial charge in [-0.25, -0.2) is 0 Å². The van der Waals surface area contributed by atoms with Gasteiger partial charge in [-0.1, -0.05) is 38.2 Å². The minimum Gasteiger partial charge on any atom is -0.392 e. The number of allylic oxidation sites excluding steroid dienone is 2. The number of rotatable bonds is 0. The van der Waals surface area contributed by atoms with Crippen LogP contribution in [0, 0.1) is 35.5 Å². The molecule has 24 heavy (non-hydrogen) atoms. The van der Waals surface area contributed by atoms with Crippen molar-refractivity contribution in [1.29, 1.82) is 0 Å². The Morgan fingerprint density at radius 2 is 1.50 bits per heavy atom. The van der Waals surface area contributed by atoms with Crippen LogP contribution >= 0.6 is 0 Å². The standard InChI is InChI=1S/2C9H10O3/c1-5-2-3-6-7(4-5)9(11)12-8(6)10;1-5-3-2-4-6-7(5)9(11)12-8(6)10/h2-3,5-7H,4H2,1H3;2,4-7H,3H2,1H3. The van der Waals surface area contributed by atoms with Gasteiger partial charge in [0.05, 0.1) is 23.7 Å². The molecular formula is C18H20O6. The molecule has 0 aromatic heterocycles. The molecule has 6 unspecified atom stereocenters. The Balaban J connectivity index is 0.000000141. The summed E-state index contributed by atoms with van der Waals surface area (Å²) in [7, 11) is 0. The first-order valence-corrected chi connectivity index (χ1v) is 8.24. The fourth-order valence-electron chi connectivity index (χ4n) is 3.70. The van der Waals surface area contributed by atoms with Crippen molar-refractivity contribution >= 4 is 23.9 Å². The van der Waals surface area contributed by atoms with Gasteiger partial charge >= 0.3 is 23.9 Å². The zero-order chi connectivity index (χ0) is 17.4. The van der Waals surface area contributed by atoms with E-state index in [1.165, 1.54) is 0 Å². The molecule has 128 valence electrons. The maximum absolute atomic E-state index is 11.2. The van der Waals surface area contributed by atoms with Gasteiger partial charge in [0.15, 0.2) is 0 Å². The lowest BCUT2D eigenvalue weighted by molar-refractivity contribution is -0.155. The summed E-state index contributed by atoms with van der Waals surface area (Å²) < 4.78 is 9.08. The zero-order valence-corrected chi connectivity index (χ0v) is 13.6. The van der Waals surface area contributed by atoms with Crippen LogP contribution in [0.5, 0.6) is 0 Å². The summed E-state index contributed by atoms with van der Waals surface area (Å²) in [5, 5.41) is 0. The summed E-state index contributed by atoms with van der Waals surface area (Å²) in [5.41, 5.74) is 0. The average Bonchev–Trinajstić information content (AvgIpc) is 2.98. The highest BCUT2D eigenvalue weighted by atomic mass is 16.6. The molecule has 0 bridgehead atoms. The first kappa shape index (κ1) is 16.6. The van der Waals surface area contributed by atoms with E-state index in [-0.39, 0.29) is 53.5 Å². The first-order valence-electron chi connectivity index (χ1n) is 8.24. The lowest BCUT2D eigenvalue weighted by Gasteiger charge is -2.20. The fraction of sp³-hybridized carbons (Fsp3) is 0.556. The highest BCUT2D eigenvalue weighted by Crippen LogP contribution is 2.36. The topological polar surface area (TPSA) is 86.7 Å². The van der Waals surface area contributed by atoms with Crippen molar-refractivity contribution in [3.8, 4) is 0 Å². The molecule has 0 radical (unpaired) electrons. The monoisotopic (exact) mass is 332 g/mol. The van der Waals surface area contributed by atoms with Crippen LogP contribution in [0.25, 0.3) is 0 Å². The number of ether oxygens (including phenoxy) is 2.